The molecule has 1 aliphatic heterocycles. The Kier molecular flexibility index (Phi) is 3.56. The van der Waals surface area contributed by atoms with Crippen LogP contribution in [0.2, 0.25) is 0 Å². The molecule has 0 aromatic rings. The highest BCUT2D eigenvalue weighted by Gasteiger charge is 2.32. The standard InChI is InChI=1S/C11H23NO2/c1-10(2,3)14-9-11(13)5-7-12(4)8-6-11/h13H,5-9H2,1-4H3. The molecule has 0 atom stereocenters. The lowest BCUT2D eigenvalue weighted by Crippen LogP contribution is -2.47. The first-order valence-electron chi connectivity index (χ1n) is 5.36. The van der Waals surface area contributed by atoms with E-state index in [0.717, 1.165) is 25.9 Å². The summed E-state index contributed by atoms with van der Waals surface area (Å²) >= 11 is 0. The van der Waals surface area contributed by atoms with Gasteiger partial charge < -0.3 is 14.7 Å². The third-order valence-corrected chi connectivity index (χ3v) is 2.69. The quantitative estimate of drug-likeness (QED) is 0.730. The minimum atomic E-state index is -0.597. The molecule has 0 unspecified atom stereocenters. The Hall–Kier alpha value is -0.120. The lowest BCUT2D eigenvalue weighted by atomic mass is 9.92. The summed E-state index contributed by atoms with van der Waals surface area (Å²) in [7, 11) is 2.09. The average Bonchev–Trinajstić information content (AvgIpc) is 2.07. The predicted octanol–water partition coefficient (Wildman–Crippen LogP) is 1.26. The molecule has 3 nitrogen and oxygen atoms in total. The van der Waals surface area contributed by atoms with E-state index in [4.69, 9.17) is 4.74 Å². The van der Waals surface area contributed by atoms with Crippen molar-refractivity contribution < 1.29 is 9.84 Å². The molecule has 3 heteroatoms. The summed E-state index contributed by atoms with van der Waals surface area (Å²) in [6.45, 7) is 8.44. The Labute approximate surface area is 87.1 Å². The molecule has 1 rings (SSSR count). The molecular weight excluding hydrogens is 178 g/mol. The Balaban J connectivity index is 2.36. The molecule has 1 saturated heterocycles. The fourth-order valence-corrected chi connectivity index (χ4v) is 1.53. The number of hydrogen-bond donors (Lipinski definition) is 1. The SMILES string of the molecule is CN1CCC(O)(COC(C)(C)C)CC1. The van der Waals surface area contributed by atoms with Crippen molar-refractivity contribution in [3.8, 4) is 0 Å². The molecule has 0 aliphatic carbocycles. The maximum absolute atomic E-state index is 10.2. The zero-order valence-corrected chi connectivity index (χ0v) is 9.84. The van der Waals surface area contributed by atoms with Crippen LogP contribution in [0.3, 0.4) is 0 Å². The Morgan fingerprint density at radius 3 is 2.21 bits per heavy atom. The van der Waals surface area contributed by atoms with E-state index in [2.05, 4.69) is 11.9 Å². The van der Waals surface area contributed by atoms with Crippen LogP contribution < -0.4 is 0 Å². The van der Waals surface area contributed by atoms with E-state index in [1.54, 1.807) is 0 Å². The second kappa shape index (κ2) is 4.17. The monoisotopic (exact) mass is 201 g/mol. The molecule has 0 bridgehead atoms. The Morgan fingerprint density at radius 2 is 1.79 bits per heavy atom. The van der Waals surface area contributed by atoms with Gasteiger partial charge >= 0.3 is 0 Å². The molecular formula is C11H23NO2. The van der Waals surface area contributed by atoms with Gasteiger partial charge in [0.05, 0.1) is 17.8 Å². The number of likely N-dealkylation sites (tertiary alicyclic amines) is 1. The van der Waals surface area contributed by atoms with Crippen molar-refractivity contribution in [2.24, 2.45) is 0 Å². The summed E-state index contributed by atoms with van der Waals surface area (Å²) in [5.74, 6) is 0. The van der Waals surface area contributed by atoms with Crippen molar-refractivity contribution in [3.05, 3.63) is 0 Å². The predicted molar refractivity (Wildman–Crippen MR) is 57.4 cm³/mol. The normalized spacial score (nSPS) is 23.8. The number of aliphatic hydroxyl groups is 1. The molecule has 1 fully saturated rings. The first kappa shape index (κ1) is 12.0. The van der Waals surface area contributed by atoms with Gasteiger partial charge in [0.25, 0.3) is 0 Å². The third-order valence-electron chi connectivity index (χ3n) is 2.69. The molecule has 0 radical (unpaired) electrons. The summed E-state index contributed by atoms with van der Waals surface area (Å²) < 4.78 is 5.64. The fraction of sp³-hybridized carbons (Fsp3) is 1.00. The fourth-order valence-electron chi connectivity index (χ4n) is 1.53. The van der Waals surface area contributed by atoms with Crippen molar-refractivity contribution in [2.75, 3.05) is 26.7 Å². The molecule has 0 aromatic heterocycles. The second-order valence-electron chi connectivity index (χ2n) is 5.43. The highest BCUT2D eigenvalue weighted by atomic mass is 16.5. The summed E-state index contributed by atoms with van der Waals surface area (Å²) in [6, 6.07) is 0. The number of piperidine rings is 1. The van der Waals surface area contributed by atoms with Gasteiger partial charge in [0.2, 0.25) is 0 Å². The second-order valence-corrected chi connectivity index (χ2v) is 5.43. The molecule has 0 saturated carbocycles. The number of nitrogens with zero attached hydrogens (tertiary/aromatic N) is 1. The molecule has 0 spiro atoms. The minimum absolute atomic E-state index is 0.154. The number of ether oxygens (including phenoxy) is 1. The van der Waals surface area contributed by atoms with Crippen LogP contribution in [0.5, 0.6) is 0 Å². The van der Waals surface area contributed by atoms with Crippen LogP contribution in [0, 0.1) is 0 Å². The van der Waals surface area contributed by atoms with E-state index in [-0.39, 0.29) is 5.60 Å². The van der Waals surface area contributed by atoms with Gasteiger partial charge in [-0.3, -0.25) is 0 Å². The number of hydrogen-bond acceptors (Lipinski definition) is 3. The lowest BCUT2D eigenvalue weighted by Gasteiger charge is -2.37. The maximum Gasteiger partial charge on any atom is 0.0904 e. The van der Waals surface area contributed by atoms with Gasteiger partial charge in [0, 0.05) is 13.1 Å². The Bertz CT molecular complexity index is 178. The van der Waals surface area contributed by atoms with Crippen LogP contribution in [0.15, 0.2) is 0 Å². The van der Waals surface area contributed by atoms with Gasteiger partial charge in [-0.05, 0) is 40.7 Å². The van der Waals surface area contributed by atoms with Crippen LogP contribution in [-0.2, 0) is 4.74 Å². The lowest BCUT2D eigenvalue weighted by molar-refractivity contribution is -0.119. The molecule has 1 N–H and O–H groups in total. The summed E-state index contributed by atoms with van der Waals surface area (Å²) in [6.07, 6.45) is 1.64. The topological polar surface area (TPSA) is 32.7 Å². The molecule has 84 valence electrons. The van der Waals surface area contributed by atoms with Crippen molar-refractivity contribution in [2.45, 2.75) is 44.8 Å². The first-order valence-corrected chi connectivity index (χ1v) is 5.36. The van der Waals surface area contributed by atoms with E-state index in [1.165, 1.54) is 0 Å². The largest absolute Gasteiger partial charge is 0.387 e. The van der Waals surface area contributed by atoms with Crippen LogP contribution in [0.1, 0.15) is 33.6 Å². The highest BCUT2D eigenvalue weighted by Crippen LogP contribution is 2.23. The van der Waals surface area contributed by atoms with Crippen molar-refractivity contribution in [1.29, 1.82) is 0 Å². The molecule has 1 heterocycles. The van der Waals surface area contributed by atoms with Crippen LogP contribution in [-0.4, -0.2) is 48.0 Å². The van der Waals surface area contributed by atoms with Crippen molar-refractivity contribution >= 4 is 0 Å². The van der Waals surface area contributed by atoms with Crippen molar-refractivity contribution in [1.82, 2.24) is 4.90 Å². The van der Waals surface area contributed by atoms with Gasteiger partial charge in [-0.25, -0.2) is 0 Å². The average molecular weight is 201 g/mol. The number of rotatable bonds is 2. The van der Waals surface area contributed by atoms with Gasteiger partial charge in [-0.15, -0.1) is 0 Å². The van der Waals surface area contributed by atoms with Gasteiger partial charge in [-0.2, -0.15) is 0 Å². The summed E-state index contributed by atoms with van der Waals surface area (Å²) in [4.78, 5) is 2.24. The molecule has 14 heavy (non-hydrogen) atoms. The minimum Gasteiger partial charge on any atom is -0.387 e. The van der Waals surface area contributed by atoms with E-state index < -0.39 is 5.60 Å². The van der Waals surface area contributed by atoms with E-state index in [9.17, 15) is 5.11 Å². The first-order chi connectivity index (χ1) is 6.31. The summed E-state index contributed by atoms with van der Waals surface area (Å²) in [5.41, 5.74) is -0.751. The smallest absolute Gasteiger partial charge is 0.0904 e. The van der Waals surface area contributed by atoms with E-state index in [1.807, 2.05) is 20.8 Å². The molecule has 0 amide bonds. The third kappa shape index (κ3) is 3.95. The zero-order chi connectivity index (χ0) is 10.8. The zero-order valence-electron chi connectivity index (χ0n) is 9.84. The maximum atomic E-state index is 10.2. The Morgan fingerprint density at radius 1 is 1.29 bits per heavy atom. The van der Waals surface area contributed by atoms with Gasteiger partial charge in [-0.1, -0.05) is 0 Å². The molecule has 0 aromatic carbocycles. The van der Waals surface area contributed by atoms with Crippen molar-refractivity contribution in [3.63, 3.8) is 0 Å². The highest BCUT2D eigenvalue weighted by molar-refractivity contribution is 4.85. The van der Waals surface area contributed by atoms with Crippen LogP contribution in [0.25, 0.3) is 0 Å². The van der Waals surface area contributed by atoms with E-state index in [0.29, 0.717) is 6.61 Å². The van der Waals surface area contributed by atoms with Gasteiger partial charge in [0.1, 0.15) is 0 Å². The summed E-state index contributed by atoms with van der Waals surface area (Å²) in [5, 5.41) is 10.2. The van der Waals surface area contributed by atoms with Crippen LogP contribution in [0.4, 0.5) is 0 Å². The van der Waals surface area contributed by atoms with Gasteiger partial charge in [0.15, 0.2) is 0 Å². The van der Waals surface area contributed by atoms with E-state index >= 15 is 0 Å². The van der Waals surface area contributed by atoms with Crippen LogP contribution >= 0.6 is 0 Å². The molecule has 1 aliphatic rings.